The molecular formula is C21H26N4O4. The summed E-state index contributed by atoms with van der Waals surface area (Å²) in [5.41, 5.74) is 7.57. The lowest BCUT2D eigenvalue weighted by Gasteiger charge is -2.39. The summed E-state index contributed by atoms with van der Waals surface area (Å²) in [6.45, 7) is 4.43. The summed E-state index contributed by atoms with van der Waals surface area (Å²) in [5.74, 6) is -1.39. The molecule has 2 fully saturated rings. The smallest absolute Gasteiger partial charge is 0.262 e. The van der Waals surface area contributed by atoms with Crippen molar-refractivity contribution in [2.75, 3.05) is 13.1 Å². The molecule has 29 heavy (non-hydrogen) atoms. The lowest BCUT2D eigenvalue weighted by molar-refractivity contribution is -0.136. The van der Waals surface area contributed by atoms with Crippen molar-refractivity contribution >= 4 is 23.6 Å². The molecule has 4 amide bonds. The van der Waals surface area contributed by atoms with Crippen molar-refractivity contribution in [3.05, 3.63) is 34.9 Å². The number of carbonyl (C=O) groups is 4. The number of hydrogen-bond acceptors (Lipinski definition) is 6. The van der Waals surface area contributed by atoms with E-state index in [0.717, 1.165) is 29.8 Å². The van der Waals surface area contributed by atoms with Crippen molar-refractivity contribution in [1.82, 2.24) is 15.1 Å². The Labute approximate surface area is 169 Å². The molecule has 0 saturated carbocycles. The molecule has 0 bridgehead atoms. The van der Waals surface area contributed by atoms with Gasteiger partial charge in [0, 0.05) is 25.6 Å². The van der Waals surface area contributed by atoms with Crippen LogP contribution in [-0.2, 0) is 16.1 Å². The largest absolute Gasteiger partial charge is 0.329 e. The molecule has 0 spiro atoms. The monoisotopic (exact) mass is 398 g/mol. The zero-order chi connectivity index (χ0) is 20.7. The van der Waals surface area contributed by atoms with Gasteiger partial charge in [-0.15, -0.1) is 0 Å². The molecule has 0 radical (unpaired) electrons. The highest BCUT2D eigenvalue weighted by atomic mass is 16.2. The van der Waals surface area contributed by atoms with Crippen molar-refractivity contribution < 1.29 is 19.2 Å². The van der Waals surface area contributed by atoms with E-state index < -0.39 is 23.8 Å². The first kappa shape index (κ1) is 19.7. The second-order valence-corrected chi connectivity index (χ2v) is 8.22. The number of rotatable bonds is 4. The highest BCUT2D eigenvalue weighted by molar-refractivity contribution is 6.23. The summed E-state index contributed by atoms with van der Waals surface area (Å²) < 4.78 is 0. The molecule has 3 N–H and O–H groups in total. The molecule has 8 nitrogen and oxygen atoms in total. The van der Waals surface area contributed by atoms with Crippen LogP contribution in [0, 0.1) is 5.92 Å². The van der Waals surface area contributed by atoms with E-state index in [4.69, 9.17) is 5.73 Å². The third-order valence-electron chi connectivity index (χ3n) is 6.36. The fourth-order valence-corrected chi connectivity index (χ4v) is 4.76. The van der Waals surface area contributed by atoms with Crippen LogP contribution in [-0.4, -0.2) is 58.6 Å². The van der Waals surface area contributed by atoms with Crippen LogP contribution < -0.4 is 11.1 Å². The van der Waals surface area contributed by atoms with Crippen LogP contribution in [0.4, 0.5) is 0 Å². The first-order valence-corrected chi connectivity index (χ1v) is 10.2. The molecule has 3 aliphatic heterocycles. The Balaban J connectivity index is 1.56. The summed E-state index contributed by atoms with van der Waals surface area (Å²) in [5, 5.41) is 2.21. The van der Waals surface area contributed by atoms with E-state index in [9.17, 15) is 19.2 Å². The van der Waals surface area contributed by atoms with E-state index in [1.165, 1.54) is 0 Å². The fraction of sp³-hybridized carbons (Fsp3) is 0.524. The van der Waals surface area contributed by atoms with Gasteiger partial charge in [-0.25, -0.2) is 0 Å². The van der Waals surface area contributed by atoms with Gasteiger partial charge in [0.15, 0.2) is 0 Å². The average molecular weight is 398 g/mol. The Bertz CT molecular complexity index is 883. The molecule has 3 aliphatic rings. The van der Waals surface area contributed by atoms with Gasteiger partial charge in [0.2, 0.25) is 11.8 Å². The number of nitrogens with one attached hydrogen (secondary N) is 1. The number of likely N-dealkylation sites (tertiary alicyclic amines) is 1. The highest BCUT2D eigenvalue weighted by Gasteiger charge is 2.44. The summed E-state index contributed by atoms with van der Waals surface area (Å²) in [4.78, 5) is 52.6. The molecule has 3 atom stereocenters. The van der Waals surface area contributed by atoms with Crippen LogP contribution in [0.1, 0.15) is 58.9 Å². The number of piperidine rings is 2. The maximum Gasteiger partial charge on any atom is 0.262 e. The summed E-state index contributed by atoms with van der Waals surface area (Å²) in [6.07, 6.45) is 2.55. The molecule has 4 rings (SSSR count). The van der Waals surface area contributed by atoms with Crippen molar-refractivity contribution in [3.8, 4) is 0 Å². The number of nitrogens with zero attached hydrogens (tertiary/aromatic N) is 2. The van der Waals surface area contributed by atoms with E-state index in [1.807, 2.05) is 6.07 Å². The van der Waals surface area contributed by atoms with Crippen LogP contribution in [0.2, 0.25) is 0 Å². The van der Waals surface area contributed by atoms with Crippen LogP contribution in [0.5, 0.6) is 0 Å². The van der Waals surface area contributed by atoms with Gasteiger partial charge in [0.1, 0.15) is 6.04 Å². The molecule has 1 aromatic rings. The number of amides is 4. The molecule has 0 aromatic heterocycles. The lowest BCUT2D eigenvalue weighted by atomic mass is 9.90. The zero-order valence-electron chi connectivity index (χ0n) is 16.5. The number of fused-ring (bicyclic) bond motifs is 1. The van der Waals surface area contributed by atoms with Crippen LogP contribution in [0.3, 0.4) is 0 Å². The second-order valence-electron chi connectivity index (χ2n) is 8.22. The predicted octanol–water partition coefficient (Wildman–Crippen LogP) is 0.647. The number of imide groups is 2. The van der Waals surface area contributed by atoms with Gasteiger partial charge in [0.05, 0.1) is 11.1 Å². The topological polar surface area (TPSA) is 113 Å². The molecule has 3 heterocycles. The van der Waals surface area contributed by atoms with Gasteiger partial charge in [0.25, 0.3) is 11.8 Å². The lowest BCUT2D eigenvalue weighted by Crippen LogP contribution is -2.54. The number of benzene rings is 1. The third kappa shape index (κ3) is 3.47. The van der Waals surface area contributed by atoms with E-state index in [-0.39, 0.29) is 18.7 Å². The van der Waals surface area contributed by atoms with Crippen molar-refractivity contribution in [2.45, 2.75) is 51.2 Å². The molecule has 154 valence electrons. The maximum absolute atomic E-state index is 13.0. The van der Waals surface area contributed by atoms with E-state index in [1.54, 1.807) is 12.1 Å². The quantitative estimate of drug-likeness (QED) is 0.720. The van der Waals surface area contributed by atoms with Crippen LogP contribution in [0.15, 0.2) is 18.2 Å². The van der Waals surface area contributed by atoms with Gasteiger partial charge < -0.3 is 5.73 Å². The maximum atomic E-state index is 13.0. The number of hydrogen-bond donors (Lipinski definition) is 2. The Morgan fingerprint density at radius 1 is 1.10 bits per heavy atom. The Kier molecular flexibility index (Phi) is 5.23. The van der Waals surface area contributed by atoms with Crippen LogP contribution >= 0.6 is 0 Å². The number of nitrogens with two attached hydrogens (primary N) is 1. The molecule has 8 heteroatoms. The third-order valence-corrected chi connectivity index (χ3v) is 6.36. The van der Waals surface area contributed by atoms with E-state index in [0.29, 0.717) is 36.2 Å². The van der Waals surface area contributed by atoms with E-state index >= 15 is 0 Å². The minimum Gasteiger partial charge on any atom is -0.329 e. The Morgan fingerprint density at radius 3 is 2.59 bits per heavy atom. The standard InChI is InChI=1S/C21H26N4O4/c1-12-3-2-8-24(17(12)10-22)11-13-4-5-14-15(9-13)21(29)25(20(14)28)16-6-7-18(26)23-19(16)27/h4-5,9,12,16-17H,2-3,6-8,10-11,22H2,1H3,(H,23,26,27). The second kappa shape index (κ2) is 7.68. The highest BCUT2D eigenvalue weighted by Crippen LogP contribution is 2.30. The van der Waals surface area contributed by atoms with Crippen molar-refractivity contribution in [2.24, 2.45) is 11.7 Å². The van der Waals surface area contributed by atoms with Crippen molar-refractivity contribution in [3.63, 3.8) is 0 Å². The summed E-state index contributed by atoms with van der Waals surface area (Å²) in [7, 11) is 0. The summed E-state index contributed by atoms with van der Waals surface area (Å²) in [6, 6.07) is 4.66. The number of carbonyl (C=O) groups excluding carboxylic acids is 4. The van der Waals surface area contributed by atoms with E-state index in [2.05, 4.69) is 17.1 Å². The van der Waals surface area contributed by atoms with Gasteiger partial charge in [-0.3, -0.25) is 34.3 Å². The predicted molar refractivity (Wildman–Crippen MR) is 105 cm³/mol. The summed E-state index contributed by atoms with van der Waals surface area (Å²) >= 11 is 0. The Hall–Kier alpha value is -2.58. The molecule has 0 aliphatic carbocycles. The van der Waals surface area contributed by atoms with Gasteiger partial charge in [-0.2, -0.15) is 0 Å². The van der Waals surface area contributed by atoms with Gasteiger partial charge >= 0.3 is 0 Å². The van der Waals surface area contributed by atoms with Gasteiger partial charge in [-0.05, 0) is 49.4 Å². The minimum absolute atomic E-state index is 0.114. The SMILES string of the molecule is CC1CCCN(Cc2ccc3c(c2)C(=O)N(C2CCC(=O)NC2=O)C3=O)C1CN. The molecule has 1 aromatic carbocycles. The van der Waals surface area contributed by atoms with Gasteiger partial charge in [-0.1, -0.05) is 13.0 Å². The zero-order valence-corrected chi connectivity index (χ0v) is 16.5. The van der Waals surface area contributed by atoms with Crippen LogP contribution in [0.25, 0.3) is 0 Å². The molecule has 2 saturated heterocycles. The first-order valence-electron chi connectivity index (χ1n) is 10.2. The minimum atomic E-state index is -0.937. The fourth-order valence-electron chi connectivity index (χ4n) is 4.76. The first-order chi connectivity index (χ1) is 13.9. The van der Waals surface area contributed by atoms with Crippen molar-refractivity contribution in [1.29, 1.82) is 0 Å². The molecule has 3 unspecified atom stereocenters. The normalized spacial score (nSPS) is 27.9. The Morgan fingerprint density at radius 2 is 1.86 bits per heavy atom. The average Bonchev–Trinajstić information content (AvgIpc) is 2.93. The molecular weight excluding hydrogens is 372 g/mol.